The zero-order chi connectivity index (χ0) is 21.9. The maximum absolute atomic E-state index is 12.2. The van der Waals surface area contributed by atoms with E-state index >= 15 is 0 Å². The SMILES string of the molecule is CCCC1(C)C2CCC3(C)C(CC[C@@H]3OC(=O)CC)C2[C@H]2C[C@]1(C#N)C(C=O)=C2N. The molecule has 4 aliphatic rings. The second-order valence-electron chi connectivity index (χ2n) is 10.7. The number of aldehydes is 1. The molecule has 8 atom stereocenters. The van der Waals surface area contributed by atoms with E-state index in [1.807, 2.05) is 6.92 Å². The van der Waals surface area contributed by atoms with Crippen LogP contribution >= 0.6 is 0 Å². The van der Waals surface area contributed by atoms with Crippen LogP contribution in [0.15, 0.2) is 11.3 Å². The van der Waals surface area contributed by atoms with Crippen LogP contribution in [0.3, 0.4) is 0 Å². The van der Waals surface area contributed by atoms with Crippen molar-refractivity contribution in [3.63, 3.8) is 0 Å². The Kier molecular flexibility index (Phi) is 5.07. The molecule has 30 heavy (non-hydrogen) atoms. The zero-order valence-electron chi connectivity index (χ0n) is 18.9. The number of allylic oxidation sites excluding steroid dienone is 2. The molecule has 5 heteroatoms. The van der Waals surface area contributed by atoms with Crippen LogP contribution < -0.4 is 5.73 Å². The van der Waals surface area contributed by atoms with Crippen molar-refractivity contribution >= 4 is 12.3 Å². The summed E-state index contributed by atoms with van der Waals surface area (Å²) in [6, 6.07) is 2.62. The van der Waals surface area contributed by atoms with Gasteiger partial charge in [0, 0.05) is 29.0 Å². The number of fused-ring (bicyclic) bond motifs is 6. The van der Waals surface area contributed by atoms with Gasteiger partial charge in [-0.25, -0.2) is 0 Å². The summed E-state index contributed by atoms with van der Waals surface area (Å²) in [6.07, 6.45) is 7.78. The number of nitriles is 1. The summed E-state index contributed by atoms with van der Waals surface area (Å²) in [5.41, 5.74) is 6.80. The lowest BCUT2D eigenvalue weighted by Gasteiger charge is -2.61. The Labute approximate surface area is 180 Å². The molecule has 0 saturated heterocycles. The molecule has 5 nitrogen and oxygen atoms in total. The first-order valence-electron chi connectivity index (χ1n) is 11.8. The van der Waals surface area contributed by atoms with E-state index in [0.717, 1.165) is 44.8 Å². The monoisotopic (exact) mass is 412 g/mol. The lowest BCUT2D eigenvalue weighted by atomic mass is 9.41. The Hall–Kier alpha value is -1.83. The molecular formula is C25H36N2O3. The fourth-order valence-corrected chi connectivity index (χ4v) is 8.40. The van der Waals surface area contributed by atoms with Gasteiger partial charge in [-0.1, -0.05) is 34.1 Å². The first kappa shape index (κ1) is 21.4. The normalized spacial score (nSPS) is 46.7. The molecule has 0 aromatic heterocycles. The van der Waals surface area contributed by atoms with Crippen LogP contribution in [-0.2, 0) is 14.3 Å². The van der Waals surface area contributed by atoms with E-state index in [0.29, 0.717) is 41.9 Å². The van der Waals surface area contributed by atoms with Gasteiger partial charge in [-0.2, -0.15) is 5.26 Å². The molecule has 0 aromatic carbocycles. The van der Waals surface area contributed by atoms with Crippen molar-refractivity contribution < 1.29 is 14.3 Å². The Morgan fingerprint density at radius 2 is 2.00 bits per heavy atom. The minimum atomic E-state index is -0.763. The molecule has 0 radical (unpaired) electrons. The van der Waals surface area contributed by atoms with Gasteiger partial charge in [-0.05, 0) is 61.7 Å². The second kappa shape index (κ2) is 7.11. The van der Waals surface area contributed by atoms with Gasteiger partial charge in [0.2, 0.25) is 0 Å². The number of nitrogens with two attached hydrogens (primary N) is 1. The molecule has 164 valence electrons. The number of ether oxygens (including phenoxy) is 1. The van der Waals surface area contributed by atoms with Gasteiger partial charge in [0.05, 0.1) is 11.5 Å². The average Bonchev–Trinajstić information content (AvgIpc) is 3.20. The Bertz CT molecular complexity index is 829. The van der Waals surface area contributed by atoms with Crippen molar-refractivity contribution in [3.05, 3.63) is 11.3 Å². The van der Waals surface area contributed by atoms with E-state index in [1.54, 1.807) is 0 Å². The minimum Gasteiger partial charge on any atom is -0.462 e. The summed E-state index contributed by atoms with van der Waals surface area (Å²) < 4.78 is 5.91. The smallest absolute Gasteiger partial charge is 0.305 e. The van der Waals surface area contributed by atoms with Gasteiger partial charge in [0.25, 0.3) is 0 Å². The molecule has 0 aromatic rings. The number of esters is 1. The highest BCUT2D eigenvalue weighted by Gasteiger charge is 2.70. The Balaban J connectivity index is 1.79. The van der Waals surface area contributed by atoms with E-state index in [1.165, 1.54) is 0 Å². The van der Waals surface area contributed by atoms with Crippen LogP contribution in [0.1, 0.15) is 79.1 Å². The summed E-state index contributed by atoms with van der Waals surface area (Å²) in [4.78, 5) is 24.2. The number of hydrogen-bond donors (Lipinski definition) is 1. The van der Waals surface area contributed by atoms with Crippen molar-refractivity contribution in [1.29, 1.82) is 5.26 Å². The highest BCUT2D eigenvalue weighted by molar-refractivity contribution is 5.80. The van der Waals surface area contributed by atoms with Crippen LogP contribution in [-0.4, -0.2) is 18.4 Å². The molecule has 3 fully saturated rings. The third-order valence-electron chi connectivity index (χ3n) is 9.84. The van der Waals surface area contributed by atoms with Crippen LogP contribution in [0.2, 0.25) is 0 Å². The summed E-state index contributed by atoms with van der Waals surface area (Å²) in [5.74, 6) is 1.10. The molecule has 3 saturated carbocycles. The predicted octanol–water partition coefficient (Wildman–Crippen LogP) is 4.51. The van der Waals surface area contributed by atoms with Crippen LogP contribution in [0.4, 0.5) is 0 Å². The predicted molar refractivity (Wildman–Crippen MR) is 114 cm³/mol. The lowest BCUT2D eigenvalue weighted by molar-refractivity contribution is -0.165. The summed E-state index contributed by atoms with van der Waals surface area (Å²) in [6.45, 7) is 8.57. The van der Waals surface area contributed by atoms with E-state index in [-0.39, 0.29) is 28.8 Å². The van der Waals surface area contributed by atoms with Crippen molar-refractivity contribution in [2.45, 2.75) is 85.2 Å². The maximum Gasteiger partial charge on any atom is 0.305 e. The quantitative estimate of drug-likeness (QED) is 0.529. The van der Waals surface area contributed by atoms with Crippen LogP contribution in [0, 0.1) is 51.2 Å². The highest BCUT2D eigenvalue weighted by Crippen LogP contribution is 2.73. The molecule has 5 unspecified atom stereocenters. The lowest BCUT2D eigenvalue weighted by Crippen LogP contribution is -2.58. The summed E-state index contributed by atoms with van der Waals surface area (Å²) in [5, 5.41) is 10.4. The molecule has 2 N–H and O–H groups in total. The molecule has 0 aliphatic heterocycles. The molecule has 2 bridgehead atoms. The van der Waals surface area contributed by atoms with E-state index < -0.39 is 5.41 Å². The van der Waals surface area contributed by atoms with Crippen molar-refractivity contribution in [3.8, 4) is 6.07 Å². The zero-order valence-corrected chi connectivity index (χ0v) is 18.9. The number of nitrogens with zero attached hydrogens (tertiary/aromatic N) is 1. The number of carbonyl (C=O) groups is 2. The number of hydrogen-bond acceptors (Lipinski definition) is 5. The first-order valence-corrected chi connectivity index (χ1v) is 11.8. The van der Waals surface area contributed by atoms with Gasteiger partial charge in [0.15, 0.2) is 0 Å². The molecule has 4 aliphatic carbocycles. The third-order valence-corrected chi connectivity index (χ3v) is 9.84. The maximum atomic E-state index is 12.2. The van der Waals surface area contributed by atoms with E-state index in [9.17, 15) is 14.9 Å². The highest BCUT2D eigenvalue weighted by atomic mass is 16.5. The fourth-order valence-electron chi connectivity index (χ4n) is 8.40. The summed E-state index contributed by atoms with van der Waals surface area (Å²) >= 11 is 0. The van der Waals surface area contributed by atoms with Crippen molar-refractivity contribution in [2.75, 3.05) is 0 Å². The second-order valence-corrected chi connectivity index (χ2v) is 10.7. The van der Waals surface area contributed by atoms with Gasteiger partial charge in [0.1, 0.15) is 12.4 Å². The van der Waals surface area contributed by atoms with Gasteiger partial charge in [-0.15, -0.1) is 0 Å². The van der Waals surface area contributed by atoms with Crippen molar-refractivity contribution in [1.82, 2.24) is 0 Å². The standard InChI is InChI=1S/C25H36N2O3/c1-5-10-24(4)17-9-11-23(3)16(7-8-19(23)30-20(29)6-2)21(17)15-12-25(24,14-26)18(13-28)22(15)27/h13,15-17,19,21H,5-12,27H2,1-4H3/t15-,16?,17?,19+,21?,23?,24?,25+/m1/s1. The topological polar surface area (TPSA) is 93.2 Å². The molecule has 0 spiro atoms. The van der Waals surface area contributed by atoms with Gasteiger partial charge in [-0.3, -0.25) is 9.59 Å². The minimum absolute atomic E-state index is 0.0341. The van der Waals surface area contributed by atoms with Crippen molar-refractivity contribution in [2.24, 2.45) is 45.7 Å². The molecule has 0 heterocycles. The molecule has 4 rings (SSSR count). The number of rotatable bonds is 5. The van der Waals surface area contributed by atoms with E-state index in [4.69, 9.17) is 10.5 Å². The first-order chi connectivity index (χ1) is 14.2. The Morgan fingerprint density at radius 3 is 2.60 bits per heavy atom. The third kappa shape index (κ3) is 2.46. The largest absolute Gasteiger partial charge is 0.462 e. The summed E-state index contributed by atoms with van der Waals surface area (Å²) in [7, 11) is 0. The Morgan fingerprint density at radius 1 is 1.27 bits per heavy atom. The fraction of sp³-hybridized carbons (Fsp3) is 0.800. The molecule has 0 amide bonds. The number of carbonyl (C=O) groups excluding carboxylic acids is 2. The van der Waals surface area contributed by atoms with Gasteiger partial charge < -0.3 is 10.5 Å². The van der Waals surface area contributed by atoms with E-state index in [2.05, 4.69) is 26.8 Å². The van der Waals surface area contributed by atoms with Gasteiger partial charge >= 0.3 is 5.97 Å². The van der Waals surface area contributed by atoms with Crippen LogP contribution in [0.25, 0.3) is 0 Å². The average molecular weight is 413 g/mol. The van der Waals surface area contributed by atoms with Crippen LogP contribution in [0.5, 0.6) is 0 Å². The molecular weight excluding hydrogens is 376 g/mol.